The van der Waals surface area contributed by atoms with Crippen LogP contribution in [0.4, 0.5) is 21.6 Å². The van der Waals surface area contributed by atoms with Crippen molar-refractivity contribution in [2.45, 2.75) is 0 Å². The summed E-state index contributed by atoms with van der Waals surface area (Å²) in [7, 11) is 3.84. The van der Waals surface area contributed by atoms with Gasteiger partial charge in [0, 0.05) is 34.6 Å². The van der Waals surface area contributed by atoms with Crippen LogP contribution in [0.3, 0.4) is 0 Å². The van der Waals surface area contributed by atoms with Crippen LogP contribution in [0.15, 0.2) is 73.1 Å². The molecule has 178 valence electrons. The standard InChI is InChI=1S/C26H22Cl2FN5O/c1-34(2)12-4-7-23(35)33-22-11-10-21-25(24(22)16-5-3-6-17(27)13-16)26(31-15-30-21)32-18-8-9-20(29)19(28)14-18/h3-11,13-15H,12H2,1-2H3,(H,33,35)(H,30,31,32)/b7-4+. The minimum absolute atomic E-state index is 0.0131. The zero-order valence-corrected chi connectivity index (χ0v) is 20.5. The van der Waals surface area contributed by atoms with E-state index >= 15 is 0 Å². The number of benzene rings is 3. The Balaban J connectivity index is 1.86. The summed E-state index contributed by atoms with van der Waals surface area (Å²) >= 11 is 12.3. The Hall–Kier alpha value is -3.52. The molecule has 6 nitrogen and oxygen atoms in total. The second-order valence-electron chi connectivity index (χ2n) is 8.02. The third-order valence-electron chi connectivity index (χ3n) is 5.10. The minimum Gasteiger partial charge on any atom is -0.340 e. The van der Waals surface area contributed by atoms with E-state index in [9.17, 15) is 9.18 Å². The largest absolute Gasteiger partial charge is 0.340 e. The molecule has 1 amide bonds. The van der Waals surface area contributed by atoms with Crippen LogP contribution in [0.5, 0.6) is 0 Å². The van der Waals surface area contributed by atoms with E-state index in [1.165, 1.54) is 24.5 Å². The highest BCUT2D eigenvalue weighted by Gasteiger charge is 2.17. The molecule has 35 heavy (non-hydrogen) atoms. The number of likely N-dealkylation sites (N-methyl/N-ethyl adjacent to an activating group) is 1. The van der Waals surface area contributed by atoms with Crippen molar-refractivity contribution in [2.75, 3.05) is 31.3 Å². The minimum atomic E-state index is -0.517. The number of rotatable bonds is 7. The highest BCUT2D eigenvalue weighted by Crippen LogP contribution is 2.39. The summed E-state index contributed by atoms with van der Waals surface area (Å²) < 4.78 is 13.7. The monoisotopic (exact) mass is 509 g/mol. The second-order valence-corrected chi connectivity index (χ2v) is 8.87. The number of nitrogens with zero attached hydrogens (tertiary/aromatic N) is 3. The van der Waals surface area contributed by atoms with Gasteiger partial charge in [-0.25, -0.2) is 14.4 Å². The predicted molar refractivity (Wildman–Crippen MR) is 141 cm³/mol. The van der Waals surface area contributed by atoms with E-state index in [1.54, 1.807) is 36.4 Å². The van der Waals surface area contributed by atoms with E-state index in [0.717, 1.165) is 5.56 Å². The van der Waals surface area contributed by atoms with Gasteiger partial charge in [-0.05, 0) is 62.1 Å². The molecule has 0 unspecified atom stereocenters. The van der Waals surface area contributed by atoms with Crippen LogP contribution >= 0.6 is 23.2 Å². The van der Waals surface area contributed by atoms with Crippen molar-refractivity contribution in [1.29, 1.82) is 0 Å². The van der Waals surface area contributed by atoms with Crippen LogP contribution in [0, 0.1) is 5.82 Å². The quantitative estimate of drug-likeness (QED) is 0.276. The number of aromatic nitrogens is 2. The number of carbonyl (C=O) groups excluding carboxylic acids is 1. The van der Waals surface area contributed by atoms with Crippen LogP contribution in [-0.2, 0) is 4.79 Å². The highest BCUT2D eigenvalue weighted by molar-refractivity contribution is 6.31. The van der Waals surface area contributed by atoms with Crippen molar-refractivity contribution < 1.29 is 9.18 Å². The SMILES string of the molecule is CN(C)C/C=C/C(=O)Nc1ccc2ncnc(Nc3ccc(F)c(Cl)c3)c2c1-c1cccc(Cl)c1. The Morgan fingerprint density at radius 2 is 1.91 bits per heavy atom. The molecule has 0 atom stereocenters. The molecule has 3 aromatic carbocycles. The number of fused-ring (bicyclic) bond motifs is 1. The molecule has 0 fully saturated rings. The molecule has 0 saturated carbocycles. The number of anilines is 3. The Morgan fingerprint density at radius 1 is 1.09 bits per heavy atom. The predicted octanol–water partition coefficient (Wildman–Crippen LogP) is 6.54. The first-order valence-electron chi connectivity index (χ1n) is 10.7. The van der Waals surface area contributed by atoms with Crippen LogP contribution < -0.4 is 10.6 Å². The number of halogens is 3. The third kappa shape index (κ3) is 5.95. The number of hydrogen-bond donors (Lipinski definition) is 2. The summed E-state index contributed by atoms with van der Waals surface area (Å²) in [6, 6.07) is 15.2. The van der Waals surface area contributed by atoms with Gasteiger partial charge in [0.2, 0.25) is 5.91 Å². The number of nitrogens with one attached hydrogen (secondary N) is 2. The van der Waals surface area contributed by atoms with Crippen molar-refractivity contribution in [2.24, 2.45) is 0 Å². The highest BCUT2D eigenvalue weighted by atomic mass is 35.5. The smallest absolute Gasteiger partial charge is 0.248 e. The van der Waals surface area contributed by atoms with E-state index < -0.39 is 5.82 Å². The molecular formula is C26H22Cl2FN5O. The molecule has 2 N–H and O–H groups in total. The Morgan fingerprint density at radius 3 is 2.66 bits per heavy atom. The van der Waals surface area contributed by atoms with Crippen molar-refractivity contribution >= 4 is 57.2 Å². The van der Waals surface area contributed by atoms with Gasteiger partial charge in [-0.3, -0.25) is 4.79 Å². The van der Waals surface area contributed by atoms with E-state index in [4.69, 9.17) is 23.2 Å². The van der Waals surface area contributed by atoms with Gasteiger partial charge in [-0.15, -0.1) is 0 Å². The van der Waals surface area contributed by atoms with E-state index in [-0.39, 0.29) is 10.9 Å². The van der Waals surface area contributed by atoms with Gasteiger partial charge in [-0.1, -0.05) is 41.4 Å². The maximum atomic E-state index is 13.7. The molecule has 0 spiro atoms. The van der Waals surface area contributed by atoms with Crippen molar-refractivity contribution in [3.05, 3.63) is 88.9 Å². The Labute approximate surface area is 212 Å². The summed E-state index contributed by atoms with van der Waals surface area (Å²) in [6.07, 6.45) is 4.71. The van der Waals surface area contributed by atoms with Crippen LogP contribution in [0.1, 0.15) is 0 Å². The van der Waals surface area contributed by atoms with Gasteiger partial charge in [0.1, 0.15) is 18.0 Å². The van der Waals surface area contributed by atoms with Gasteiger partial charge in [-0.2, -0.15) is 0 Å². The molecule has 0 saturated heterocycles. The van der Waals surface area contributed by atoms with Gasteiger partial charge in [0.25, 0.3) is 0 Å². The van der Waals surface area contributed by atoms with Crippen molar-refractivity contribution in [3.8, 4) is 11.1 Å². The summed E-state index contributed by atoms with van der Waals surface area (Å²) in [5.74, 6) is -0.324. The third-order valence-corrected chi connectivity index (χ3v) is 5.62. The van der Waals surface area contributed by atoms with Crippen LogP contribution in [0.2, 0.25) is 10.0 Å². The topological polar surface area (TPSA) is 70.2 Å². The fraction of sp³-hybridized carbons (Fsp3) is 0.115. The molecular weight excluding hydrogens is 488 g/mol. The number of carbonyl (C=O) groups is 1. The van der Waals surface area contributed by atoms with Gasteiger partial charge in [0.05, 0.1) is 15.9 Å². The lowest BCUT2D eigenvalue weighted by molar-refractivity contribution is -0.111. The molecule has 0 aliphatic rings. The first-order valence-corrected chi connectivity index (χ1v) is 11.5. The summed E-state index contributed by atoms with van der Waals surface area (Å²) in [4.78, 5) is 23.5. The maximum absolute atomic E-state index is 13.7. The zero-order valence-electron chi connectivity index (χ0n) is 19.0. The normalized spacial score (nSPS) is 11.4. The zero-order chi connectivity index (χ0) is 24.9. The molecule has 1 heterocycles. The molecule has 4 aromatic rings. The first-order chi connectivity index (χ1) is 16.8. The molecule has 0 radical (unpaired) electrons. The Kier molecular flexibility index (Phi) is 7.60. The molecule has 4 rings (SSSR count). The number of amides is 1. The first kappa shape index (κ1) is 24.6. The van der Waals surface area contributed by atoms with E-state index in [2.05, 4.69) is 20.6 Å². The molecule has 9 heteroatoms. The summed E-state index contributed by atoms with van der Waals surface area (Å²) in [5.41, 5.74) is 3.22. The van der Waals surface area contributed by atoms with Crippen LogP contribution in [0.25, 0.3) is 22.0 Å². The lowest BCUT2D eigenvalue weighted by Gasteiger charge is -2.17. The van der Waals surface area contributed by atoms with Gasteiger partial charge >= 0.3 is 0 Å². The summed E-state index contributed by atoms with van der Waals surface area (Å²) in [5, 5.41) is 7.35. The van der Waals surface area contributed by atoms with Crippen molar-refractivity contribution in [1.82, 2.24) is 14.9 Å². The van der Waals surface area contributed by atoms with Gasteiger partial charge in [0.15, 0.2) is 0 Å². The molecule has 0 aliphatic carbocycles. The van der Waals surface area contributed by atoms with Crippen LogP contribution in [-0.4, -0.2) is 41.4 Å². The van der Waals surface area contributed by atoms with E-state index in [1.807, 2.05) is 31.1 Å². The number of hydrogen-bond acceptors (Lipinski definition) is 5. The van der Waals surface area contributed by atoms with E-state index in [0.29, 0.717) is 45.2 Å². The molecule has 1 aromatic heterocycles. The average molecular weight is 510 g/mol. The summed E-state index contributed by atoms with van der Waals surface area (Å²) in [6.45, 7) is 0.633. The van der Waals surface area contributed by atoms with Gasteiger partial charge < -0.3 is 15.5 Å². The van der Waals surface area contributed by atoms with Crippen molar-refractivity contribution in [3.63, 3.8) is 0 Å². The Bertz CT molecular complexity index is 1420. The molecule has 0 aliphatic heterocycles. The second kappa shape index (κ2) is 10.8. The lowest BCUT2D eigenvalue weighted by atomic mass is 9.98. The lowest BCUT2D eigenvalue weighted by Crippen LogP contribution is -2.13. The fourth-order valence-electron chi connectivity index (χ4n) is 3.55. The average Bonchev–Trinajstić information content (AvgIpc) is 2.81. The molecule has 0 bridgehead atoms. The maximum Gasteiger partial charge on any atom is 0.248 e. The fourth-order valence-corrected chi connectivity index (χ4v) is 3.92.